The second-order valence-corrected chi connectivity index (χ2v) is 8.80. The summed E-state index contributed by atoms with van der Waals surface area (Å²) in [6, 6.07) is 30.4. The number of nitrogens with one attached hydrogen (secondary N) is 2. The molecule has 0 aliphatic heterocycles. The highest BCUT2D eigenvalue weighted by Crippen LogP contribution is 2.30. The molecule has 40 heavy (non-hydrogen) atoms. The zero-order valence-corrected chi connectivity index (χ0v) is 20.7. The molecular formula is C30H20N4O6. The van der Waals surface area contributed by atoms with Gasteiger partial charge in [-0.3, -0.25) is 29.8 Å². The molecule has 0 bridgehead atoms. The van der Waals surface area contributed by atoms with Crippen molar-refractivity contribution in [2.75, 3.05) is 0 Å². The lowest BCUT2D eigenvalue weighted by atomic mass is 10.0. The summed E-state index contributed by atoms with van der Waals surface area (Å²) in [5.74, 6) is 0. The molecule has 6 rings (SSSR count). The molecule has 0 atom stereocenters. The van der Waals surface area contributed by atoms with E-state index in [4.69, 9.17) is 0 Å². The lowest BCUT2D eigenvalue weighted by Gasteiger charge is -2.06. The fourth-order valence-electron chi connectivity index (χ4n) is 4.42. The van der Waals surface area contributed by atoms with E-state index in [9.17, 15) is 29.8 Å². The number of H-pyrrole nitrogens is 2. The molecule has 196 valence electrons. The quantitative estimate of drug-likeness (QED) is 0.203. The van der Waals surface area contributed by atoms with Crippen LogP contribution >= 0.6 is 0 Å². The molecule has 10 nitrogen and oxygen atoms in total. The average Bonchev–Trinajstić information content (AvgIpc) is 2.97. The van der Waals surface area contributed by atoms with Gasteiger partial charge in [-0.1, -0.05) is 60.7 Å². The first kappa shape index (κ1) is 25.7. The van der Waals surface area contributed by atoms with Gasteiger partial charge >= 0.3 is 0 Å². The van der Waals surface area contributed by atoms with Gasteiger partial charge in [-0.05, 0) is 34.4 Å². The van der Waals surface area contributed by atoms with E-state index >= 15 is 0 Å². The molecule has 2 heterocycles. The number of benzene rings is 4. The van der Waals surface area contributed by atoms with Crippen molar-refractivity contribution in [3.63, 3.8) is 0 Å². The Morgan fingerprint density at radius 2 is 0.875 bits per heavy atom. The summed E-state index contributed by atoms with van der Waals surface area (Å²) in [6.45, 7) is 0. The van der Waals surface area contributed by atoms with Gasteiger partial charge in [-0.2, -0.15) is 0 Å². The lowest BCUT2D eigenvalue weighted by molar-refractivity contribution is -0.384. The number of pyridine rings is 2. The highest BCUT2D eigenvalue weighted by Gasteiger charge is 2.12. The fraction of sp³-hybridized carbons (Fsp3) is 0. The van der Waals surface area contributed by atoms with Crippen molar-refractivity contribution in [3.05, 3.63) is 150 Å². The molecular weight excluding hydrogens is 512 g/mol. The van der Waals surface area contributed by atoms with E-state index in [-0.39, 0.29) is 22.5 Å². The molecule has 0 unspecified atom stereocenters. The largest absolute Gasteiger partial charge is 0.322 e. The van der Waals surface area contributed by atoms with Crippen LogP contribution in [0.5, 0.6) is 0 Å². The van der Waals surface area contributed by atoms with Crippen LogP contribution in [0, 0.1) is 20.2 Å². The highest BCUT2D eigenvalue weighted by atomic mass is 16.6. The second kappa shape index (κ2) is 10.8. The molecule has 0 amide bonds. The Morgan fingerprint density at radius 3 is 1.23 bits per heavy atom. The van der Waals surface area contributed by atoms with Crippen molar-refractivity contribution in [3.8, 4) is 22.3 Å². The van der Waals surface area contributed by atoms with Crippen LogP contribution in [-0.2, 0) is 0 Å². The lowest BCUT2D eigenvalue weighted by Crippen LogP contribution is -2.05. The minimum absolute atomic E-state index is 0.00160. The second-order valence-electron chi connectivity index (χ2n) is 8.80. The summed E-state index contributed by atoms with van der Waals surface area (Å²) in [6.07, 6.45) is 0. The van der Waals surface area contributed by atoms with Crippen LogP contribution in [0.25, 0.3) is 44.1 Å². The van der Waals surface area contributed by atoms with Gasteiger partial charge in [0, 0.05) is 58.2 Å². The molecule has 0 fully saturated rings. The normalized spacial score (nSPS) is 10.6. The van der Waals surface area contributed by atoms with Crippen molar-refractivity contribution in [1.29, 1.82) is 0 Å². The molecule has 10 heteroatoms. The molecule has 2 aromatic heterocycles. The third kappa shape index (κ3) is 5.36. The van der Waals surface area contributed by atoms with E-state index in [1.807, 2.05) is 60.7 Å². The van der Waals surface area contributed by atoms with Gasteiger partial charge in [0.05, 0.1) is 9.85 Å². The molecule has 2 N–H and O–H groups in total. The Labute approximate surface area is 225 Å². The molecule has 0 saturated heterocycles. The molecule has 4 aromatic carbocycles. The summed E-state index contributed by atoms with van der Waals surface area (Å²) < 4.78 is 0. The fourth-order valence-corrected chi connectivity index (χ4v) is 4.42. The zero-order chi connectivity index (χ0) is 28.2. The van der Waals surface area contributed by atoms with E-state index in [1.54, 1.807) is 12.1 Å². The minimum atomic E-state index is -0.445. The Kier molecular flexibility index (Phi) is 6.97. The van der Waals surface area contributed by atoms with Crippen molar-refractivity contribution in [1.82, 2.24) is 9.97 Å². The number of nitro benzene ring substituents is 2. The average molecular weight is 533 g/mol. The van der Waals surface area contributed by atoms with Crippen LogP contribution in [0.3, 0.4) is 0 Å². The smallest absolute Gasteiger partial charge is 0.270 e. The van der Waals surface area contributed by atoms with Gasteiger partial charge in [0.25, 0.3) is 11.4 Å². The number of hydrogen-bond acceptors (Lipinski definition) is 6. The molecule has 0 saturated carbocycles. The number of nitrogens with zero attached hydrogens (tertiary/aromatic N) is 2. The maximum Gasteiger partial charge on any atom is 0.270 e. The molecule has 0 aliphatic rings. The standard InChI is InChI=1S/2C15H10N2O3/c2*18-15-9-12(10-4-2-1-3-5-10)13-8-11(17(19)20)6-7-14(13)16-15/h2*1-9H,(H,16,18). The number of non-ortho nitro benzene ring substituents is 2. The summed E-state index contributed by atoms with van der Waals surface area (Å²) in [4.78, 5) is 49.7. The Morgan fingerprint density at radius 1 is 0.500 bits per heavy atom. The van der Waals surface area contributed by atoms with Gasteiger partial charge in [-0.15, -0.1) is 0 Å². The monoisotopic (exact) mass is 532 g/mol. The van der Waals surface area contributed by atoms with E-state index in [0.29, 0.717) is 32.9 Å². The third-order valence-corrected chi connectivity index (χ3v) is 6.24. The van der Waals surface area contributed by atoms with Crippen molar-refractivity contribution < 1.29 is 9.85 Å². The zero-order valence-electron chi connectivity index (χ0n) is 20.7. The highest BCUT2D eigenvalue weighted by molar-refractivity contribution is 5.96. The molecule has 6 aromatic rings. The Hall–Kier alpha value is -5.90. The number of fused-ring (bicyclic) bond motifs is 2. The first-order valence-electron chi connectivity index (χ1n) is 12.0. The van der Waals surface area contributed by atoms with Crippen LogP contribution in [0.2, 0.25) is 0 Å². The van der Waals surface area contributed by atoms with E-state index < -0.39 is 9.85 Å². The summed E-state index contributed by atoms with van der Waals surface area (Å²) in [5.41, 5.74) is 3.79. The molecule has 0 spiro atoms. The molecule has 0 aliphatic carbocycles. The van der Waals surface area contributed by atoms with Gasteiger partial charge in [0.2, 0.25) is 11.1 Å². The van der Waals surface area contributed by atoms with E-state index in [1.165, 1.54) is 36.4 Å². The number of nitro groups is 2. The van der Waals surface area contributed by atoms with Gasteiger partial charge < -0.3 is 9.97 Å². The number of aromatic nitrogens is 2. The van der Waals surface area contributed by atoms with Gasteiger partial charge in [-0.25, -0.2) is 0 Å². The topological polar surface area (TPSA) is 152 Å². The summed E-state index contributed by atoms with van der Waals surface area (Å²) in [7, 11) is 0. The van der Waals surface area contributed by atoms with Crippen LogP contribution in [0.4, 0.5) is 11.4 Å². The number of aromatic amines is 2. The Bertz CT molecular complexity index is 1850. The molecule has 0 radical (unpaired) electrons. The van der Waals surface area contributed by atoms with Crippen molar-refractivity contribution in [2.45, 2.75) is 0 Å². The Balaban J connectivity index is 0.000000161. The van der Waals surface area contributed by atoms with Gasteiger partial charge in [0.15, 0.2) is 0 Å². The first-order chi connectivity index (χ1) is 19.3. The third-order valence-electron chi connectivity index (χ3n) is 6.24. The summed E-state index contributed by atoms with van der Waals surface area (Å²) in [5, 5.41) is 23.1. The SMILES string of the molecule is O=c1cc(-c2ccccc2)c2cc([N+](=O)[O-])ccc2[nH]1.O=c1cc(-c2ccccc2)c2cc([N+](=O)[O-])ccc2[nH]1. The predicted molar refractivity (Wildman–Crippen MR) is 153 cm³/mol. The van der Waals surface area contributed by atoms with E-state index in [2.05, 4.69) is 9.97 Å². The van der Waals surface area contributed by atoms with Gasteiger partial charge in [0.1, 0.15) is 0 Å². The van der Waals surface area contributed by atoms with Crippen molar-refractivity contribution in [2.24, 2.45) is 0 Å². The maximum absolute atomic E-state index is 11.7. The number of rotatable bonds is 4. The van der Waals surface area contributed by atoms with Crippen molar-refractivity contribution >= 4 is 33.2 Å². The van der Waals surface area contributed by atoms with Crippen LogP contribution in [0.1, 0.15) is 0 Å². The first-order valence-corrected chi connectivity index (χ1v) is 12.0. The van der Waals surface area contributed by atoms with Crippen LogP contribution < -0.4 is 11.1 Å². The maximum atomic E-state index is 11.7. The summed E-state index contributed by atoms with van der Waals surface area (Å²) >= 11 is 0. The minimum Gasteiger partial charge on any atom is -0.322 e. The number of hydrogen-bond donors (Lipinski definition) is 2. The van der Waals surface area contributed by atoms with E-state index in [0.717, 1.165) is 11.1 Å². The van der Waals surface area contributed by atoms with Crippen LogP contribution in [0.15, 0.2) is 119 Å². The predicted octanol–water partition coefficient (Wildman–Crippen LogP) is 6.21. The van der Waals surface area contributed by atoms with Crippen LogP contribution in [-0.4, -0.2) is 19.8 Å².